The maximum atomic E-state index is 12.5. The van der Waals surface area contributed by atoms with Gasteiger partial charge in [-0.15, -0.1) is 0 Å². The highest BCUT2D eigenvalue weighted by molar-refractivity contribution is 6.31. The van der Waals surface area contributed by atoms with Crippen molar-refractivity contribution >= 4 is 34.1 Å². The van der Waals surface area contributed by atoms with Crippen LogP contribution in [0.1, 0.15) is 51.9 Å². The van der Waals surface area contributed by atoms with E-state index in [9.17, 15) is 4.79 Å². The van der Waals surface area contributed by atoms with Gasteiger partial charge in [-0.1, -0.05) is 81.0 Å². The van der Waals surface area contributed by atoms with Crippen LogP contribution in [0.5, 0.6) is 0 Å². The molecule has 0 aliphatic heterocycles. The minimum atomic E-state index is 0.0378. The fourth-order valence-electron chi connectivity index (χ4n) is 3.45. The molecule has 3 aromatic rings. The normalized spacial score (nSPS) is 10.9. The van der Waals surface area contributed by atoms with E-state index >= 15 is 0 Å². The maximum Gasteiger partial charge on any atom is 0.224 e. The molecule has 0 fully saturated rings. The summed E-state index contributed by atoms with van der Waals surface area (Å²) in [5, 5.41) is 4.67. The highest BCUT2D eigenvalue weighted by atomic mass is 35.5. The van der Waals surface area contributed by atoms with Crippen LogP contribution in [-0.2, 0) is 4.79 Å². The maximum absolute atomic E-state index is 12.5. The number of carbonyl (C=O) groups excluding carboxylic acids is 1. The summed E-state index contributed by atoms with van der Waals surface area (Å²) >= 11 is 6.24. The number of nitrogens with one attached hydrogen (secondary N) is 1. The van der Waals surface area contributed by atoms with Crippen LogP contribution in [0.4, 0.5) is 5.69 Å². The number of carbonyl (C=O) groups is 1. The zero-order valence-corrected chi connectivity index (χ0v) is 17.1. The van der Waals surface area contributed by atoms with Crippen LogP contribution < -0.4 is 5.32 Å². The number of amides is 1. The number of anilines is 1. The third-order valence-corrected chi connectivity index (χ3v) is 5.16. The van der Waals surface area contributed by atoms with Crippen molar-refractivity contribution in [1.82, 2.24) is 4.98 Å². The molecule has 0 aliphatic rings. The van der Waals surface area contributed by atoms with Crippen LogP contribution in [0.25, 0.3) is 22.0 Å². The third-order valence-electron chi connectivity index (χ3n) is 4.92. The predicted molar refractivity (Wildman–Crippen MR) is 119 cm³/mol. The largest absolute Gasteiger partial charge is 0.324 e. The lowest BCUT2D eigenvalue weighted by molar-refractivity contribution is -0.116. The highest BCUT2D eigenvalue weighted by Crippen LogP contribution is 2.35. The second kappa shape index (κ2) is 10.2. The minimum absolute atomic E-state index is 0.0378. The average Bonchev–Trinajstić information content (AvgIpc) is 2.71. The first kappa shape index (κ1) is 20.3. The van der Waals surface area contributed by atoms with Crippen LogP contribution in [0.2, 0.25) is 5.02 Å². The summed E-state index contributed by atoms with van der Waals surface area (Å²) in [5.41, 5.74) is 3.59. The summed E-state index contributed by atoms with van der Waals surface area (Å²) in [6.45, 7) is 2.21. The van der Waals surface area contributed by atoms with Crippen LogP contribution >= 0.6 is 11.6 Å². The Morgan fingerprint density at radius 2 is 1.75 bits per heavy atom. The molecule has 0 unspecified atom stereocenters. The number of benzene rings is 2. The van der Waals surface area contributed by atoms with Crippen LogP contribution in [0, 0.1) is 0 Å². The van der Waals surface area contributed by atoms with Crippen LogP contribution in [0.15, 0.2) is 54.7 Å². The number of hydrogen-bond acceptors (Lipinski definition) is 2. The van der Waals surface area contributed by atoms with Crippen molar-refractivity contribution in [2.75, 3.05) is 5.32 Å². The van der Waals surface area contributed by atoms with Crippen molar-refractivity contribution in [3.8, 4) is 11.1 Å². The molecule has 3 nitrogen and oxygen atoms in total. The fourth-order valence-corrected chi connectivity index (χ4v) is 3.63. The van der Waals surface area contributed by atoms with Crippen molar-refractivity contribution in [1.29, 1.82) is 0 Å². The third kappa shape index (κ3) is 5.32. The summed E-state index contributed by atoms with van der Waals surface area (Å²) in [6.07, 6.45) is 9.27. The molecule has 1 heterocycles. The van der Waals surface area contributed by atoms with E-state index < -0.39 is 0 Å². The van der Waals surface area contributed by atoms with Crippen LogP contribution in [-0.4, -0.2) is 10.9 Å². The predicted octanol–water partition coefficient (Wildman–Crippen LogP) is 7.24. The summed E-state index contributed by atoms with van der Waals surface area (Å²) < 4.78 is 0. The molecule has 146 valence electrons. The van der Waals surface area contributed by atoms with Crippen molar-refractivity contribution in [3.63, 3.8) is 0 Å². The molecule has 0 atom stereocenters. The zero-order chi connectivity index (χ0) is 19.8. The molecule has 1 amide bonds. The number of fused-ring (bicyclic) bond motifs is 1. The van der Waals surface area contributed by atoms with Gasteiger partial charge in [-0.05, 0) is 30.2 Å². The van der Waals surface area contributed by atoms with Gasteiger partial charge in [0, 0.05) is 22.4 Å². The molecule has 2 aromatic carbocycles. The molecule has 0 bridgehead atoms. The van der Waals surface area contributed by atoms with E-state index in [1.807, 2.05) is 48.5 Å². The van der Waals surface area contributed by atoms with Gasteiger partial charge in [-0.2, -0.15) is 0 Å². The van der Waals surface area contributed by atoms with Gasteiger partial charge in [0.1, 0.15) is 0 Å². The first-order valence-electron chi connectivity index (χ1n) is 10.1. The van der Waals surface area contributed by atoms with E-state index in [1.54, 1.807) is 6.20 Å². The Morgan fingerprint density at radius 1 is 1.00 bits per heavy atom. The number of halogens is 1. The summed E-state index contributed by atoms with van der Waals surface area (Å²) in [6, 6.07) is 15.7. The van der Waals surface area contributed by atoms with Crippen molar-refractivity contribution in [3.05, 3.63) is 59.8 Å². The molecule has 1 aromatic heterocycles. The average molecular weight is 395 g/mol. The van der Waals surface area contributed by atoms with E-state index in [4.69, 9.17) is 11.6 Å². The number of aromatic nitrogens is 1. The van der Waals surface area contributed by atoms with E-state index in [2.05, 4.69) is 17.2 Å². The topological polar surface area (TPSA) is 42.0 Å². The lowest BCUT2D eigenvalue weighted by Gasteiger charge is -2.14. The Kier molecular flexibility index (Phi) is 7.44. The number of nitrogens with zero attached hydrogens (tertiary/aromatic N) is 1. The van der Waals surface area contributed by atoms with E-state index in [0.717, 1.165) is 40.6 Å². The van der Waals surface area contributed by atoms with Gasteiger partial charge in [0.15, 0.2) is 0 Å². The lowest BCUT2D eigenvalue weighted by Crippen LogP contribution is -2.12. The molecular formula is C24H27ClN2O. The van der Waals surface area contributed by atoms with Crippen LogP contribution in [0.3, 0.4) is 0 Å². The Morgan fingerprint density at radius 3 is 2.54 bits per heavy atom. The Hall–Kier alpha value is -2.39. The Labute approximate surface area is 172 Å². The van der Waals surface area contributed by atoms with Gasteiger partial charge in [-0.3, -0.25) is 9.78 Å². The second-order valence-electron chi connectivity index (χ2n) is 7.14. The standard InChI is InChI=1S/C24H27ClN2O/c1-2-3-4-5-6-10-13-23(28)27-22-17-26-21-15-14-19(25)16-20(21)24(22)18-11-8-7-9-12-18/h7-9,11-12,14-17H,2-6,10,13H2,1H3,(H,27,28). The molecule has 0 spiro atoms. The number of hydrogen-bond donors (Lipinski definition) is 1. The molecule has 4 heteroatoms. The molecular weight excluding hydrogens is 368 g/mol. The van der Waals surface area contributed by atoms with Gasteiger partial charge in [0.2, 0.25) is 5.91 Å². The molecule has 3 rings (SSSR count). The molecule has 1 N–H and O–H groups in total. The smallest absolute Gasteiger partial charge is 0.224 e. The Bertz CT molecular complexity index is 925. The molecule has 0 radical (unpaired) electrons. The monoisotopic (exact) mass is 394 g/mol. The van der Waals surface area contributed by atoms with Gasteiger partial charge in [-0.25, -0.2) is 0 Å². The van der Waals surface area contributed by atoms with E-state index in [1.165, 1.54) is 25.7 Å². The lowest BCUT2D eigenvalue weighted by atomic mass is 9.99. The second-order valence-corrected chi connectivity index (χ2v) is 7.58. The SMILES string of the molecule is CCCCCCCCC(=O)Nc1cnc2ccc(Cl)cc2c1-c1ccccc1. The summed E-state index contributed by atoms with van der Waals surface area (Å²) in [5.74, 6) is 0.0378. The Balaban J connectivity index is 1.80. The van der Waals surface area contributed by atoms with E-state index in [0.29, 0.717) is 11.4 Å². The van der Waals surface area contributed by atoms with Crippen molar-refractivity contribution in [2.45, 2.75) is 51.9 Å². The first-order chi connectivity index (χ1) is 13.7. The quantitative estimate of drug-likeness (QED) is 0.388. The summed E-state index contributed by atoms with van der Waals surface area (Å²) in [7, 11) is 0. The van der Waals surface area contributed by atoms with Gasteiger partial charge < -0.3 is 5.32 Å². The van der Waals surface area contributed by atoms with E-state index in [-0.39, 0.29) is 5.91 Å². The molecule has 0 aliphatic carbocycles. The summed E-state index contributed by atoms with van der Waals surface area (Å²) in [4.78, 5) is 17.0. The van der Waals surface area contributed by atoms with Gasteiger partial charge in [0.05, 0.1) is 17.4 Å². The molecule has 28 heavy (non-hydrogen) atoms. The fraction of sp³-hybridized carbons (Fsp3) is 0.333. The zero-order valence-electron chi connectivity index (χ0n) is 16.4. The van der Waals surface area contributed by atoms with Gasteiger partial charge in [0.25, 0.3) is 0 Å². The van der Waals surface area contributed by atoms with Gasteiger partial charge >= 0.3 is 0 Å². The van der Waals surface area contributed by atoms with Crippen molar-refractivity contribution < 1.29 is 4.79 Å². The molecule has 0 saturated heterocycles. The molecule has 0 saturated carbocycles. The number of rotatable bonds is 9. The highest BCUT2D eigenvalue weighted by Gasteiger charge is 2.14. The number of pyridine rings is 1. The number of unbranched alkanes of at least 4 members (excludes halogenated alkanes) is 5. The minimum Gasteiger partial charge on any atom is -0.324 e. The first-order valence-corrected chi connectivity index (χ1v) is 10.5. The van der Waals surface area contributed by atoms with Crippen molar-refractivity contribution in [2.24, 2.45) is 0 Å².